The van der Waals surface area contributed by atoms with Gasteiger partial charge in [0.25, 0.3) is 0 Å². The van der Waals surface area contributed by atoms with E-state index in [1.165, 1.54) is 4.70 Å². The third-order valence-electron chi connectivity index (χ3n) is 3.98. The highest BCUT2D eigenvalue weighted by atomic mass is 79.9. The van der Waals surface area contributed by atoms with E-state index in [9.17, 15) is 4.79 Å². The third-order valence-corrected chi connectivity index (χ3v) is 5.91. The zero-order valence-corrected chi connectivity index (χ0v) is 16.6. The summed E-state index contributed by atoms with van der Waals surface area (Å²) in [6.45, 7) is 2.18. The van der Waals surface area contributed by atoms with Gasteiger partial charge in [0.05, 0.1) is 12.3 Å². The molecule has 1 atom stereocenters. The summed E-state index contributed by atoms with van der Waals surface area (Å²) >= 11 is 5.24. The largest absolute Gasteiger partial charge is 0.489 e. The topological polar surface area (TPSA) is 46.5 Å². The molecule has 1 heterocycles. The maximum atomic E-state index is 11.0. The SMILES string of the molecule is CC#CC(CC(=O)O)c1ccc(COc2ccc3scc(Br)c3c2)cc1. The lowest BCUT2D eigenvalue weighted by atomic mass is 9.95. The van der Waals surface area contributed by atoms with Crippen molar-refractivity contribution in [3.63, 3.8) is 0 Å². The average Bonchev–Trinajstić information content (AvgIpc) is 3.00. The third kappa shape index (κ3) is 4.46. The summed E-state index contributed by atoms with van der Waals surface area (Å²) in [7, 11) is 0. The molecule has 0 radical (unpaired) electrons. The van der Waals surface area contributed by atoms with Crippen molar-refractivity contribution in [3.05, 3.63) is 63.4 Å². The Balaban J connectivity index is 1.68. The first-order chi connectivity index (χ1) is 12.6. The first kappa shape index (κ1) is 18.5. The van der Waals surface area contributed by atoms with Crippen LogP contribution in [0.15, 0.2) is 52.3 Å². The molecule has 1 N–H and O–H groups in total. The van der Waals surface area contributed by atoms with Gasteiger partial charge in [-0.05, 0) is 52.2 Å². The number of thiophene rings is 1. The molecule has 3 rings (SSSR count). The van der Waals surface area contributed by atoms with Gasteiger partial charge in [0.1, 0.15) is 12.4 Å². The number of carboxylic acids is 1. The predicted molar refractivity (Wildman–Crippen MR) is 109 cm³/mol. The van der Waals surface area contributed by atoms with Crippen molar-refractivity contribution in [2.75, 3.05) is 0 Å². The zero-order valence-electron chi connectivity index (χ0n) is 14.2. The summed E-state index contributed by atoms with van der Waals surface area (Å²) in [5, 5.41) is 12.2. The van der Waals surface area contributed by atoms with Crippen molar-refractivity contribution in [1.82, 2.24) is 0 Å². The van der Waals surface area contributed by atoms with Gasteiger partial charge in [0.15, 0.2) is 0 Å². The Morgan fingerprint density at radius 2 is 2.04 bits per heavy atom. The molecule has 0 aliphatic heterocycles. The van der Waals surface area contributed by atoms with Crippen LogP contribution in [-0.4, -0.2) is 11.1 Å². The fourth-order valence-electron chi connectivity index (χ4n) is 2.68. The van der Waals surface area contributed by atoms with Crippen molar-refractivity contribution >= 4 is 43.3 Å². The van der Waals surface area contributed by atoms with E-state index in [1.54, 1.807) is 18.3 Å². The highest BCUT2D eigenvalue weighted by molar-refractivity contribution is 9.10. The minimum Gasteiger partial charge on any atom is -0.489 e. The number of rotatable bonds is 6. The van der Waals surface area contributed by atoms with E-state index in [2.05, 4.69) is 39.2 Å². The molecule has 0 bridgehead atoms. The van der Waals surface area contributed by atoms with E-state index in [1.807, 2.05) is 36.4 Å². The van der Waals surface area contributed by atoms with Crippen LogP contribution < -0.4 is 4.74 Å². The predicted octanol–water partition coefficient (Wildman–Crippen LogP) is 5.82. The van der Waals surface area contributed by atoms with Gasteiger partial charge in [0.2, 0.25) is 0 Å². The van der Waals surface area contributed by atoms with Crippen LogP contribution in [-0.2, 0) is 11.4 Å². The molecule has 0 fully saturated rings. The maximum absolute atomic E-state index is 11.0. The summed E-state index contributed by atoms with van der Waals surface area (Å²) in [5.74, 6) is 5.46. The van der Waals surface area contributed by atoms with Crippen LogP contribution in [0.4, 0.5) is 0 Å². The van der Waals surface area contributed by atoms with Crippen molar-refractivity contribution in [3.8, 4) is 17.6 Å². The first-order valence-electron chi connectivity index (χ1n) is 8.09. The molecule has 2 aromatic carbocycles. The number of hydrogen-bond acceptors (Lipinski definition) is 3. The lowest BCUT2D eigenvalue weighted by Crippen LogP contribution is -2.05. The monoisotopic (exact) mass is 428 g/mol. The minimum absolute atomic E-state index is 0.00617. The van der Waals surface area contributed by atoms with Crippen LogP contribution in [0.2, 0.25) is 0 Å². The Morgan fingerprint density at radius 3 is 2.73 bits per heavy atom. The fourth-order valence-corrected chi connectivity index (χ4v) is 4.22. The minimum atomic E-state index is -0.847. The molecule has 26 heavy (non-hydrogen) atoms. The van der Waals surface area contributed by atoms with Gasteiger partial charge in [-0.25, -0.2) is 0 Å². The number of ether oxygens (including phenoxy) is 1. The lowest BCUT2D eigenvalue weighted by Gasteiger charge is -2.11. The summed E-state index contributed by atoms with van der Waals surface area (Å²) in [4.78, 5) is 11.0. The van der Waals surface area contributed by atoms with Crippen LogP contribution in [0.1, 0.15) is 30.4 Å². The van der Waals surface area contributed by atoms with Gasteiger partial charge >= 0.3 is 5.97 Å². The van der Waals surface area contributed by atoms with Crippen LogP contribution in [0.5, 0.6) is 5.75 Å². The van der Waals surface area contributed by atoms with Gasteiger partial charge in [-0.2, -0.15) is 0 Å². The highest BCUT2D eigenvalue weighted by Crippen LogP contribution is 2.33. The standard InChI is InChI=1S/C21H17BrO3S/c1-2-3-16(10-21(23)24)15-6-4-14(5-7-15)12-25-17-8-9-20-18(11-17)19(22)13-26-20/h4-9,11,13,16H,10,12H2,1H3,(H,23,24). The second-order valence-corrected chi connectivity index (χ2v) is 7.58. The molecule has 0 saturated carbocycles. The molecular weight excluding hydrogens is 412 g/mol. The lowest BCUT2D eigenvalue weighted by molar-refractivity contribution is -0.137. The molecule has 3 nitrogen and oxygen atoms in total. The van der Waals surface area contributed by atoms with Crippen molar-refractivity contribution in [1.29, 1.82) is 0 Å². The number of benzene rings is 2. The molecule has 0 spiro atoms. The van der Waals surface area contributed by atoms with Gasteiger partial charge in [-0.1, -0.05) is 30.2 Å². The van der Waals surface area contributed by atoms with Gasteiger partial charge in [-0.3, -0.25) is 4.79 Å². The fraction of sp³-hybridized carbons (Fsp3) is 0.190. The van der Waals surface area contributed by atoms with Gasteiger partial charge in [-0.15, -0.1) is 17.3 Å². The molecule has 0 aliphatic carbocycles. The molecule has 1 unspecified atom stereocenters. The number of halogens is 1. The van der Waals surface area contributed by atoms with E-state index in [0.29, 0.717) is 6.61 Å². The number of hydrogen-bond donors (Lipinski definition) is 1. The average molecular weight is 429 g/mol. The summed E-state index contributed by atoms with van der Waals surface area (Å²) < 4.78 is 8.19. The summed E-state index contributed by atoms with van der Waals surface area (Å²) in [6.07, 6.45) is 0.00617. The maximum Gasteiger partial charge on any atom is 0.304 e. The van der Waals surface area contributed by atoms with Crippen LogP contribution in [0.3, 0.4) is 0 Å². The van der Waals surface area contributed by atoms with Crippen molar-refractivity contribution in [2.45, 2.75) is 25.9 Å². The van der Waals surface area contributed by atoms with Gasteiger partial charge < -0.3 is 9.84 Å². The second kappa shape index (κ2) is 8.39. The zero-order chi connectivity index (χ0) is 18.5. The Kier molecular flexibility index (Phi) is 5.97. The normalized spacial score (nSPS) is 11.6. The first-order valence-corrected chi connectivity index (χ1v) is 9.76. The Labute approximate surface area is 164 Å². The molecule has 1 aromatic heterocycles. The van der Waals surface area contributed by atoms with Crippen LogP contribution in [0, 0.1) is 11.8 Å². The molecular formula is C21H17BrO3S. The number of fused-ring (bicyclic) bond motifs is 1. The van der Waals surface area contributed by atoms with E-state index in [0.717, 1.165) is 26.7 Å². The van der Waals surface area contributed by atoms with E-state index in [4.69, 9.17) is 9.84 Å². The quantitative estimate of drug-likeness (QED) is 0.502. The Hall–Kier alpha value is -2.29. The molecule has 0 aliphatic rings. The van der Waals surface area contributed by atoms with Crippen molar-refractivity contribution in [2.24, 2.45) is 0 Å². The Morgan fingerprint density at radius 1 is 1.27 bits per heavy atom. The molecule has 0 saturated heterocycles. The summed E-state index contributed by atoms with van der Waals surface area (Å²) in [5.41, 5.74) is 1.94. The molecule has 3 aromatic rings. The van der Waals surface area contributed by atoms with Crippen molar-refractivity contribution < 1.29 is 14.6 Å². The number of carbonyl (C=O) groups is 1. The van der Waals surface area contributed by atoms with Crippen LogP contribution >= 0.6 is 27.3 Å². The molecule has 132 valence electrons. The number of carboxylic acid groups (broad SMARTS) is 1. The smallest absolute Gasteiger partial charge is 0.304 e. The van der Waals surface area contributed by atoms with E-state index < -0.39 is 5.97 Å². The second-order valence-electron chi connectivity index (χ2n) is 5.82. The summed E-state index contributed by atoms with van der Waals surface area (Å²) in [6, 6.07) is 13.8. The number of aliphatic carboxylic acids is 1. The molecule has 5 heteroatoms. The van der Waals surface area contributed by atoms with Gasteiger partial charge in [0, 0.05) is 19.9 Å². The highest BCUT2D eigenvalue weighted by Gasteiger charge is 2.13. The van der Waals surface area contributed by atoms with E-state index in [-0.39, 0.29) is 12.3 Å². The Bertz CT molecular complexity index is 980. The van der Waals surface area contributed by atoms with E-state index >= 15 is 0 Å². The van der Waals surface area contributed by atoms with Crippen LogP contribution in [0.25, 0.3) is 10.1 Å². The molecule has 0 amide bonds.